The fourth-order valence-electron chi connectivity index (χ4n) is 3.57. The fraction of sp³-hybridized carbons (Fsp3) is 0.526. The first-order chi connectivity index (χ1) is 11.7. The minimum Gasteiger partial charge on any atom is -0.456 e. The average molecular weight is 361 g/mol. The molecule has 0 N–H and O–H groups in total. The lowest BCUT2D eigenvalue weighted by Crippen LogP contribution is -2.46. The van der Waals surface area contributed by atoms with Crippen molar-refractivity contribution in [1.82, 2.24) is 4.90 Å². The molecule has 1 aromatic carbocycles. The van der Waals surface area contributed by atoms with Crippen LogP contribution >= 0.6 is 11.8 Å². The third-order valence-electron chi connectivity index (χ3n) is 5.20. The Morgan fingerprint density at radius 2 is 1.92 bits per heavy atom. The van der Waals surface area contributed by atoms with Crippen molar-refractivity contribution in [2.45, 2.75) is 51.4 Å². The molecule has 0 aliphatic carbocycles. The predicted molar refractivity (Wildman–Crippen MR) is 96.7 cm³/mol. The Hall–Kier alpha value is -1.82. The minimum absolute atomic E-state index is 0.00854. The monoisotopic (exact) mass is 361 g/mol. The normalized spacial score (nSPS) is 25.2. The number of ketones is 1. The molecule has 2 atom stereocenters. The van der Waals surface area contributed by atoms with Crippen LogP contribution in [0.4, 0.5) is 0 Å². The Labute approximate surface area is 152 Å². The van der Waals surface area contributed by atoms with Gasteiger partial charge in [-0.05, 0) is 56.9 Å². The molecule has 1 amide bonds. The maximum absolute atomic E-state index is 12.4. The Morgan fingerprint density at radius 3 is 2.64 bits per heavy atom. The van der Waals surface area contributed by atoms with E-state index in [2.05, 4.69) is 0 Å². The largest absolute Gasteiger partial charge is 0.456 e. The number of carbonyl (C=O) groups excluding carboxylic acids is 3. The number of hydrogen-bond donors (Lipinski definition) is 0. The molecule has 25 heavy (non-hydrogen) atoms. The highest BCUT2D eigenvalue weighted by molar-refractivity contribution is 8.01. The van der Waals surface area contributed by atoms with Crippen LogP contribution in [0.1, 0.15) is 46.8 Å². The molecule has 5 nitrogen and oxygen atoms in total. The average Bonchev–Trinajstić information content (AvgIpc) is 3.05. The SMILES string of the molecule is Cc1cc(C)c(C(=O)COC(=O)[C@H]2CS[C@@]3(C)CCC(=O)N23)cc1C. The van der Waals surface area contributed by atoms with Gasteiger partial charge in [0.05, 0.1) is 4.87 Å². The summed E-state index contributed by atoms with van der Waals surface area (Å²) in [5, 5.41) is 0. The van der Waals surface area contributed by atoms with Gasteiger partial charge >= 0.3 is 5.97 Å². The van der Waals surface area contributed by atoms with Crippen LogP contribution < -0.4 is 0 Å². The molecule has 2 saturated heterocycles. The van der Waals surface area contributed by atoms with Gasteiger partial charge in [-0.2, -0.15) is 0 Å². The molecule has 3 rings (SSSR count). The van der Waals surface area contributed by atoms with E-state index in [4.69, 9.17) is 4.74 Å². The topological polar surface area (TPSA) is 63.7 Å². The first kappa shape index (κ1) is 18.0. The fourth-order valence-corrected chi connectivity index (χ4v) is 4.98. The second-order valence-electron chi connectivity index (χ2n) is 7.05. The number of amides is 1. The molecule has 6 heteroatoms. The van der Waals surface area contributed by atoms with Crippen molar-refractivity contribution in [3.8, 4) is 0 Å². The van der Waals surface area contributed by atoms with Crippen LogP contribution in [0.3, 0.4) is 0 Å². The quantitative estimate of drug-likeness (QED) is 0.609. The predicted octanol–water partition coefficient (Wildman–Crippen LogP) is 2.79. The number of aryl methyl sites for hydroxylation is 3. The summed E-state index contributed by atoms with van der Waals surface area (Å²) >= 11 is 1.61. The highest BCUT2D eigenvalue weighted by atomic mass is 32.2. The zero-order chi connectivity index (χ0) is 18.4. The zero-order valence-corrected chi connectivity index (χ0v) is 15.9. The molecular formula is C19H23NO4S. The molecule has 1 aromatic rings. The van der Waals surface area contributed by atoms with E-state index in [1.165, 1.54) is 0 Å². The summed E-state index contributed by atoms with van der Waals surface area (Å²) < 4.78 is 5.27. The van der Waals surface area contributed by atoms with Gasteiger partial charge in [0, 0.05) is 17.7 Å². The number of ether oxygens (including phenoxy) is 1. The van der Waals surface area contributed by atoms with E-state index in [1.54, 1.807) is 16.7 Å². The van der Waals surface area contributed by atoms with E-state index in [9.17, 15) is 14.4 Å². The third-order valence-corrected chi connectivity index (χ3v) is 6.71. The number of benzene rings is 1. The van der Waals surface area contributed by atoms with Gasteiger partial charge in [0.15, 0.2) is 6.61 Å². The number of nitrogens with zero attached hydrogens (tertiary/aromatic N) is 1. The first-order valence-electron chi connectivity index (χ1n) is 8.47. The summed E-state index contributed by atoms with van der Waals surface area (Å²) in [6.45, 7) is 7.52. The van der Waals surface area contributed by atoms with Gasteiger partial charge in [-0.1, -0.05) is 6.07 Å². The van der Waals surface area contributed by atoms with E-state index in [0.29, 0.717) is 17.7 Å². The van der Waals surface area contributed by atoms with Crippen LogP contribution in [0, 0.1) is 20.8 Å². The molecule has 0 unspecified atom stereocenters. The molecule has 0 saturated carbocycles. The lowest BCUT2D eigenvalue weighted by atomic mass is 9.98. The molecule has 0 spiro atoms. The number of fused-ring (bicyclic) bond motifs is 1. The second-order valence-corrected chi connectivity index (χ2v) is 8.55. The van der Waals surface area contributed by atoms with Gasteiger partial charge in [0.1, 0.15) is 6.04 Å². The number of thioether (sulfide) groups is 1. The standard InChI is InChI=1S/C19H23NO4S/c1-11-7-13(3)14(8-12(11)2)16(21)9-24-18(23)15-10-25-19(4)6-5-17(22)20(15)19/h7-8,15H,5-6,9-10H2,1-4H3/t15-,19+/m1/s1. The summed E-state index contributed by atoms with van der Waals surface area (Å²) in [6, 6.07) is 3.22. The van der Waals surface area contributed by atoms with Crippen molar-refractivity contribution in [2.75, 3.05) is 12.4 Å². The van der Waals surface area contributed by atoms with E-state index >= 15 is 0 Å². The van der Waals surface area contributed by atoms with Gasteiger partial charge in [-0.3, -0.25) is 9.59 Å². The van der Waals surface area contributed by atoms with Crippen LogP contribution in [0.25, 0.3) is 0 Å². The maximum atomic E-state index is 12.4. The maximum Gasteiger partial charge on any atom is 0.330 e. The van der Waals surface area contributed by atoms with E-state index < -0.39 is 12.0 Å². The summed E-state index contributed by atoms with van der Waals surface area (Å²) in [5.41, 5.74) is 3.62. The zero-order valence-electron chi connectivity index (χ0n) is 15.0. The van der Waals surface area contributed by atoms with E-state index in [0.717, 1.165) is 23.1 Å². The molecule has 2 aliphatic heterocycles. The Morgan fingerprint density at radius 1 is 1.24 bits per heavy atom. The molecule has 134 valence electrons. The van der Waals surface area contributed by atoms with Gasteiger partial charge in [0.25, 0.3) is 0 Å². The van der Waals surface area contributed by atoms with Crippen molar-refractivity contribution in [3.63, 3.8) is 0 Å². The number of carbonyl (C=O) groups is 3. The molecule has 2 fully saturated rings. The summed E-state index contributed by atoms with van der Waals surface area (Å²) in [7, 11) is 0. The van der Waals surface area contributed by atoms with Gasteiger partial charge in [0.2, 0.25) is 11.7 Å². The number of hydrogen-bond acceptors (Lipinski definition) is 5. The van der Waals surface area contributed by atoms with E-state index in [-0.39, 0.29) is 23.2 Å². The van der Waals surface area contributed by atoms with Crippen LogP contribution in [0.15, 0.2) is 12.1 Å². The van der Waals surface area contributed by atoms with Crippen molar-refractivity contribution >= 4 is 29.4 Å². The molecular weight excluding hydrogens is 338 g/mol. The molecule has 2 aliphatic rings. The van der Waals surface area contributed by atoms with Crippen LogP contribution in [-0.2, 0) is 14.3 Å². The molecule has 2 heterocycles. The van der Waals surface area contributed by atoms with E-state index in [1.807, 2.05) is 39.8 Å². The Balaban J connectivity index is 1.66. The van der Waals surface area contributed by atoms with Crippen molar-refractivity contribution in [1.29, 1.82) is 0 Å². The lowest BCUT2D eigenvalue weighted by molar-refractivity contribution is -0.152. The van der Waals surface area contributed by atoms with Gasteiger partial charge < -0.3 is 9.64 Å². The van der Waals surface area contributed by atoms with Crippen LogP contribution in [-0.4, -0.2) is 45.8 Å². The van der Waals surface area contributed by atoms with Gasteiger partial charge in [-0.25, -0.2) is 4.79 Å². The highest BCUT2D eigenvalue weighted by Gasteiger charge is 2.53. The lowest BCUT2D eigenvalue weighted by Gasteiger charge is -2.29. The van der Waals surface area contributed by atoms with Crippen molar-refractivity contribution < 1.29 is 19.1 Å². The van der Waals surface area contributed by atoms with Crippen LogP contribution in [0.5, 0.6) is 0 Å². The van der Waals surface area contributed by atoms with Crippen molar-refractivity contribution in [3.05, 3.63) is 34.4 Å². The second kappa shape index (κ2) is 6.48. The smallest absolute Gasteiger partial charge is 0.330 e. The molecule has 0 bridgehead atoms. The Bertz CT molecular complexity index is 760. The first-order valence-corrected chi connectivity index (χ1v) is 9.45. The van der Waals surface area contributed by atoms with Crippen molar-refractivity contribution in [2.24, 2.45) is 0 Å². The Kier molecular flexibility index (Phi) is 4.66. The number of rotatable bonds is 4. The summed E-state index contributed by atoms with van der Waals surface area (Å²) in [6.07, 6.45) is 1.22. The van der Waals surface area contributed by atoms with Crippen LogP contribution in [0.2, 0.25) is 0 Å². The molecule has 0 aromatic heterocycles. The number of Topliss-reactive ketones (excluding diaryl/α,β-unsaturated/α-hetero) is 1. The summed E-state index contributed by atoms with van der Waals surface area (Å²) in [5.74, 6) is -0.181. The summed E-state index contributed by atoms with van der Waals surface area (Å²) in [4.78, 5) is 38.3. The minimum atomic E-state index is -0.585. The third kappa shape index (κ3) is 3.19. The molecule has 0 radical (unpaired) electrons. The number of esters is 1. The highest BCUT2D eigenvalue weighted by Crippen LogP contribution is 2.47. The van der Waals surface area contributed by atoms with Gasteiger partial charge in [-0.15, -0.1) is 11.8 Å².